The minimum Gasteiger partial charge on any atom is -0.508 e. The van der Waals surface area contributed by atoms with E-state index in [-0.39, 0.29) is 5.92 Å². The van der Waals surface area contributed by atoms with Gasteiger partial charge in [-0.25, -0.2) is 0 Å². The number of hydrogen-bond acceptors (Lipinski definition) is 2. The lowest BCUT2D eigenvalue weighted by molar-refractivity contribution is 0.470. The topological polar surface area (TPSA) is 40.5 Å². The van der Waals surface area contributed by atoms with Crippen molar-refractivity contribution in [1.82, 2.24) is 0 Å². The molecule has 0 fully saturated rings. The van der Waals surface area contributed by atoms with Crippen molar-refractivity contribution in [3.05, 3.63) is 58.7 Å². The van der Waals surface area contributed by atoms with E-state index in [2.05, 4.69) is 22.6 Å². The summed E-state index contributed by atoms with van der Waals surface area (Å²) in [6, 6.07) is 11.5. The first-order valence-corrected chi connectivity index (χ1v) is 7.70. The van der Waals surface area contributed by atoms with Crippen LogP contribution in [0, 0.1) is 13.8 Å². The van der Waals surface area contributed by atoms with Crippen LogP contribution in [0.5, 0.6) is 11.5 Å². The zero-order valence-corrected chi connectivity index (χ0v) is 13.2. The van der Waals surface area contributed by atoms with Gasteiger partial charge in [-0.1, -0.05) is 46.9 Å². The molecule has 0 heterocycles. The molecule has 0 amide bonds. The van der Waals surface area contributed by atoms with E-state index in [1.54, 1.807) is 12.1 Å². The number of alkyl halides is 1. The van der Waals surface area contributed by atoms with Crippen LogP contribution < -0.4 is 0 Å². The molecule has 0 radical (unpaired) electrons. The van der Waals surface area contributed by atoms with Gasteiger partial charge in [0.1, 0.15) is 11.5 Å². The molecule has 2 aromatic carbocycles. The first-order valence-electron chi connectivity index (χ1n) is 6.18. The van der Waals surface area contributed by atoms with Crippen LogP contribution in [-0.2, 0) is 0 Å². The van der Waals surface area contributed by atoms with Crippen LogP contribution >= 0.6 is 22.6 Å². The lowest BCUT2D eigenvalue weighted by Gasteiger charge is -2.17. The summed E-state index contributed by atoms with van der Waals surface area (Å²) >= 11 is 2.37. The molecule has 2 aromatic rings. The predicted octanol–water partition coefficient (Wildman–Crippen LogP) is 4.28. The largest absolute Gasteiger partial charge is 0.508 e. The third-order valence-electron chi connectivity index (χ3n) is 3.40. The fourth-order valence-electron chi connectivity index (χ4n) is 2.16. The molecule has 0 unspecified atom stereocenters. The van der Waals surface area contributed by atoms with Gasteiger partial charge in [0.15, 0.2) is 0 Å². The van der Waals surface area contributed by atoms with Crippen molar-refractivity contribution >= 4 is 22.6 Å². The number of halogens is 1. The Kier molecular flexibility index (Phi) is 4.34. The third-order valence-corrected chi connectivity index (χ3v) is 4.28. The molecule has 2 N–H and O–H groups in total. The van der Waals surface area contributed by atoms with Gasteiger partial charge in [0.2, 0.25) is 0 Å². The summed E-state index contributed by atoms with van der Waals surface area (Å²) in [7, 11) is 0. The summed E-state index contributed by atoms with van der Waals surface area (Å²) in [5.74, 6) is 0.940. The van der Waals surface area contributed by atoms with Crippen LogP contribution in [0.4, 0.5) is 0 Å². The lowest BCUT2D eigenvalue weighted by atomic mass is 9.91. The second-order valence-corrected chi connectivity index (χ2v) is 5.68. The summed E-state index contributed by atoms with van der Waals surface area (Å²) in [6.07, 6.45) is 0. The minimum atomic E-state index is 0.277. The molecule has 0 saturated heterocycles. The maximum absolute atomic E-state index is 9.61. The highest BCUT2D eigenvalue weighted by atomic mass is 127. The van der Waals surface area contributed by atoms with Crippen LogP contribution in [0.1, 0.15) is 28.2 Å². The molecule has 0 saturated carbocycles. The van der Waals surface area contributed by atoms with Gasteiger partial charge in [-0.15, -0.1) is 0 Å². The molecular weight excluding hydrogens is 351 g/mol. The van der Waals surface area contributed by atoms with Crippen molar-refractivity contribution in [3.8, 4) is 11.5 Å². The average Bonchev–Trinajstić information content (AvgIpc) is 2.39. The highest BCUT2D eigenvalue weighted by Crippen LogP contribution is 2.31. The molecule has 0 aromatic heterocycles. The van der Waals surface area contributed by atoms with Gasteiger partial charge in [0.25, 0.3) is 0 Å². The van der Waals surface area contributed by atoms with Gasteiger partial charge in [0, 0.05) is 10.3 Å². The number of hydrogen-bond donors (Lipinski definition) is 2. The fraction of sp³-hybridized carbons (Fsp3) is 0.250. The molecule has 0 bridgehead atoms. The average molecular weight is 368 g/mol. The number of phenols is 2. The summed E-state index contributed by atoms with van der Waals surface area (Å²) in [4.78, 5) is 0. The van der Waals surface area contributed by atoms with E-state index in [0.29, 0.717) is 11.5 Å². The highest BCUT2D eigenvalue weighted by Gasteiger charge is 2.14. The molecule has 0 aliphatic rings. The van der Waals surface area contributed by atoms with E-state index in [9.17, 15) is 10.2 Å². The molecule has 2 rings (SSSR count). The van der Waals surface area contributed by atoms with E-state index >= 15 is 0 Å². The Balaban J connectivity index is 2.43. The quantitative estimate of drug-likeness (QED) is 0.627. The van der Waals surface area contributed by atoms with Crippen molar-refractivity contribution in [2.75, 3.05) is 4.43 Å². The molecule has 0 spiro atoms. The maximum Gasteiger partial charge on any atom is 0.118 e. The fourth-order valence-corrected chi connectivity index (χ4v) is 3.18. The number of phenolic OH excluding ortho intramolecular Hbond substituents is 2. The molecule has 100 valence electrons. The first-order chi connectivity index (χ1) is 9.02. The molecule has 0 aliphatic heterocycles. The van der Waals surface area contributed by atoms with Crippen LogP contribution in [0.2, 0.25) is 0 Å². The highest BCUT2D eigenvalue weighted by molar-refractivity contribution is 14.1. The Bertz CT molecular complexity index is 542. The Hall–Kier alpha value is -1.23. The van der Waals surface area contributed by atoms with Crippen molar-refractivity contribution < 1.29 is 10.2 Å². The molecule has 19 heavy (non-hydrogen) atoms. The Morgan fingerprint density at radius 2 is 1.32 bits per heavy atom. The van der Waals surface area contributed by atoms with E-state index in [0.717, 1.165) is 15.6 Å². The Morgan fingerprint density at radius 1 is 0.895 bits per heavy atom. The van der Waals surface area contributed by atoms with Gasteiger partial charge >= 0.3 is 0 Å². The SMILES string of the molecule is Cc1cc(C(CI)c2ccc(O)c(C)c2)ccc1O. The van der Waals surface area contributed by atoms with Crippen LogP contribution in [0.3, 0.4) is 0 Å². The number of aromatic hydroxyl groups is 2. The lowest BCUT2D eigenvalue weighted by Crippen LogP contribution is -2.03. The molecule has 0 atom stereocenters. The molecule has 0 aliphatic carbocycles. The molecule has 3 heteroatoms. The first kappa shape index (κ1) is 14.2. The normalized spacial score (nSPS) is 10.9. The van der Waals surface area contributed by atoms with E-state index < -0.39 is 0 Å². The van der Waals surface area contributed by atoms with Gasteiger partial charge < -0.3 is 10.2 Å². The summed E-state index contributed by atoms with van der Waals surface area (Å²) in [6.45, 7) is 3.82. The summed E-state index contributed by atoms with van der Waals surface area (Å²) < 4.78 is 0.951. The van der Waals surface area contributed by atoms with Gasteiger partial charge in [-0.3, -0.25) is 0 Å². The van der Waals surface area contributed by atoms with Crippen LogP contribution in [0.25, 0.3) is 0 Å². The Labute approximate surface area is 127 Å². The zero-order chi connectivity index (χ0) is 14.0. The number of rotatable bonds is 3. The second kappa shape index (κ2) is 5.82. The smallest absolute Gasteiger partial charge is 0.118 e. The number of aryl methyl sites for hydroxylation is 2. The van der Waals surface area contributed by atoms with Crippen LogP contribution in [0.15, 0.2) is 36.4 Å². The monoisotopic (exact) mass is 368 g/mol. The minimum absolute atomic E-state index is 0.277. The zero-order valence-electron chi connectivity index (χ0n) is 11.0. The third kappa shape index (κ3) is 3.03. The van der Waals surface area contributed by atoms with Crippen LogP contribution in [-0.4, -0.2) is 14.6 Å². The van der Waals surface area contributed by atoms with Gasteiger partial charge in [-0.2, -0.15) is 0 Å². The second-order valence-electron chi connectivity index (χ2n) is 4.80. The van der Waals surface area contributed by atoms with Crippen molar-refractivity contribution in [2.45, 2.75) is 19.8 Å². The van der Waals surface area contributed by atoms with E-state index in [4.69, 9.17) is 0 Å². The Morgan fingerprint density at radius 3 is 1.63 bits per heavy atom. The van der Waals surface area contributed by atoms with Gasteiger partial charge in [0.05, 0.1) is 0 Å². The van der Waals surface area contributed by atoms with Crippen molar-refractivity contribution in [1.29, 1.82) is 0 Å². The van der Waals surface area contributed by atoms with Gasteiger partial charge in [-0.05, 0) is 48.2 Å². The summed E-state index contributed by atoms with van der Waals surface area (Å²) in [5, 5.41) is 19.2. The van der Waals surface area contributed by atoms with E-state index in [1.165, 1.54) is 11.1 Å². The predicted molar refractivity (Wildman–Crippen MR) is 86.4 cm³/mol. The standard InChI is InChI=1S/C16H17IO2/c1-10-7-12(3-5-15(10)18)14(9-17)13-4-6-16(19)11(2)8-13/h3-8,14,18-19H,9H2,1-2H3. The van der Waals surface area contributed by atoms with E-state index in [1.807, 2.05) is 38.1 Å². The molecule has 2 nitrogen and oxygen atoms in total. The molecular formula is C16H17IO2. The van der Waals surface area contributed by atoms with Crippen molar-refractivity contribution in [3.63, 3.8) is 0 Å². The number of benzene rings is 2. The maximum atomic E-state index is 9.61. The van der Waals surface area contributed by atoms with Crippen molar-refractivity contribution in [2.24, 2.45) is 0 Å². The summed E-state index contributed by atoms with van der Waals surface area (Å²) in [5.41, 5.74) is 4.16.